The van der Waals surface area contributed by atoms with Crippen LogP contribution in [-0.4, -0.2) is 114 Å². The Balaban J connectivity index is 1.08. The number of tetrazole rings is 1. The van der Waals surface area contributed by atoms with E-state index in [0.29, 0.717) is 49.0 Å². The molecule has 0 bridgehead atoms. The summed E-state index contributed by atoms with van der Waals surface area (Å²) in [5.41, 5.74) is 3.13. The number of rotatable bonds is 13. The summed E-state index contributed by atoms with van der Waals surface area (Å²) < 4.78 is 31.3. The number of anilines is 3. The molecule has 2 amide bonds. The van der Waals surface area contributed by atoms with E-state index in [1.165, 1.54) is 33.9 Å². The zero-order valence-corrected chi connectivity index (χ0v) is 31.7. The van der Waals surface area contributed by atoms with Crippen molar-refractivity contribution >= 4 is 44.7 Å². The number of aliphatic hydroxyl groups excluding tert-OH is 3. The van der Waals surface area contributed by atoms with Crippen LogP contribution in [0.3, 0.4) is 0 Å². The minimum absolute atomic E-state index is 0.0363. The summed E-state index contributed by atoms with van der Waals surface area (Å²) in [4.78, 5) is 30.4. The van der Waals surface area contributed by atoms with Crippen LogP contribution in [0.25, 0.3) is 11.2 Å². The zero-order chi connectivity index (χ0) is 40.4. The van der Waals surface area contributed by atoms with Gasteiger partial charge in [-0.2, -0.15) is 14.8 Å². The molecule has 0 saturated carbocycles. The number of primary sulfonamides is 1. The maximum absolute atomic E-state index is 13.0. The van der Waals surface area contributed by atoms with E-state index in [1.807, 2.05) is 41.3 Å². The number of carbonyl (C=O) groups excluding carboxylic acids is 1. The summed E-state index contributed by atoms with van der Waals surface area (Å²) in [5.74, 6) is 0.702. The topological polar surface area (TPSA) is 274 Å². The van der Waals surface area contributed by atoms with Gasteiger partial charge in [-0.1, -0.05) is 66.7 Å². The van der Waals surface area contributed by atoms with Gasteiger partial charge in [0.2, 0.25) is 21.8 Å². The summed E-state index contributed by atoms with van der Waals surface area (Å²) in [6.45, 7) is 1.11. The number of ether oxygens (including phenoxy) is 1. The molecule has 8 rings (SSSR count). The van der Waals surface area contributed by atoms with Crippen molar-refractivity contribution in [1.82, 2.24) is 45.0 Å². The van der Waals surface area contributed by atoms with Crippen molar-refractivity contribution in [3.63, 3.8) is 0 Å². The van der Waals surface area contributed by atoms with Gasteiger partial charge in [0.05, 0.1) is 24.4 Å². The number of hydrogen-bond donors (Lipinski definition) is 7. The van der Waals surface area contributed by atoms with Crippen LogP contribution in [0.2, 0.25) is 0 Å². The Morgan fingerprint density at radius 2 is 1.72 bits per heavy atom. The highest BCUT2D eigenvalue weighted by Gasteiger charge is 2.47. The van der Waals surface area contributed by atoms with Crippen LogP contribution in [0.1, 0.15) is 41.6 Å². The van der Waals surface area contributed by atoms with Gasteiger partial charge in [0, 0.05) is 37.3 Å². The predicted molar refractivity (Wildman–Crippen MR) is 209 cm³/mol. The first-order valence-electron chi connectivity index (χ1n) is 18.5. The Labute approximate surface area is 331 Å². The van der Waals surface area contributed by atoms with E-state index < -0.39 is 40.6 Å². The van der Waals surface area contributed by atoms with Gasteiger partial charge in [-0.25, -0.2) is 23.3 Å². The summed E-state index contributed by atoms with van der Waals surface area (Å²) in [7, 11) is -3.96. The molecular weight excluding hydrogens is 771 g/mol. The van der Waals surface area contributed by atoms with E-state index in [1.54, 1.807) is 6.07 Å². The number of nitrogens with zero attached hydrogens (tertiary/aromatic N) is 9. The average molecular weight is 812 g/mol. The van der Waals surface area contributed by atoms with E-state index in [4.69, 9.17) is 19.8 Å². The molecule has 21 heteroatoms. The largest absolute Gasteiger partial charge is 0.394 e. The van der Waals surface area contributed by atoms with Crippen molar-refractivity contribution in [3.8, 4) is 0 Å². The fourth-order valence-electron chi connectivity index (χ4n) is 7.17. The van der Waals surface area contributed by atoms with Gasteiger partial charge in [-0.15, -0.1) is 10.2 Å². The van der Waals surface area contributed by atoms with Gasteiger partial charge in [-0.05, 0) is 41.0 Å². The molecular formula is C37H41N13O7S. The Morgan fingerprint density at radius 1 is 0.983 bits per heavy atom. The van der Waals surface area contributed by atoms with E-state index in [0.717, 1.165) is 11.1 Å². The molecule has 2 saturated heterocycles. The number of aromatic nitrogens is 8. The van der Waals surface area contributed by atoms with Gasteiger partial charge < -0.3 is 40.9 Å². The van der Waals surface area contributed by atoms with E-state index >= 15 is 0 Å². The molecule has 0 unspecified atom stereocenters. The number of amides is 2. The van der Waals surface area contributed by atoms with E-state index in [9.17, 15) is 28.5 Å². The van der Waals surface area contributed by atoms with Crippen LogP contribution < -0.4 is 26.0 Å². The number of carbonyl (C=O) groups is 1. The number of sulfonamides is 1. The third-order valence-electron chi connectivity index (χ3n) is 10.0. The lowest BCUT2D eigenvalue weighted by atomic mass is 9.91. The van der Waals surface area contributed by atoms with Crippen molar-refractivity contribution in [1.29, 1.82) is 0 Å². The third kappa shape index (κ3) is 8.16. The Hall–Kier alpha value is -6.10. The second kappa shape index (κ2) is 16.4. The Morgan fingerprint density at radius 3 is 2.43 bits per heavy atom. The number of benzene rings is 3. The number of aliphatic hydroxyl groups is 3. The summed E-state index contributed by atoms with van der Waals surface area (Å²) >= 11 is 0. The van der Waals surface area contributed by atoms with Crippen molar-refractivity contribution in [2.24, 2.45) is 5.14 Å². The molecule has 2 fully saturated rings. The molecule has 0 spiro atoms. The fourth-order valence-corrected chi connectivity index (χ4v) is 7.73. The first-order chi connectivity index (χ1) is 28.1. The van der Waals surface area contributed by atoms with Crippen molar-refractivity contribution in [2.45, 2.75) is 54.4 Å². The van der Waals surface area contributed by atoms with Crippen molar-refractivity contribution < 1.29 is 33.3 Å². The summed E-state index contributed by atoms with van der Waals surface area (Å²) in [6, 6.07) is 25.0. The summed E-state index contributed by atoms with van der Waals surface area (Å²) in [6.07, 6.45) is -3.16. The first kappa shape index (κ1) is 38.8. The number of urea groups is 1. The van der Waals surface area contributed by atoms with Gasteiger partial charge in [0.25, 0.3) is 0 Å². The second-order valence-electron chi connectivity index (χ2n) is 13.9. The van der Waals surface area contributed by atoms with Crippen LogP contribution in [-0.2, 0) is 21.3 Å². The lowest BCUT2D eigenvalue weighted by Crippen LogP contribution is -2.40. The summed E-state index contributed by atoms with van der Waals surface area (Å²) in [5, 5.41) is 58.0. The smallest absolute Gasteiger partial charge is 0.319 e. The fraction of sp³-hybridized carbons (Fsp3) is 0.324. The minimum Gasteiger partial charge on any atom is -0.394 e. The average Bonchev–Trinajstić information content (AvgIpc) is 4.03. The van der Waals surface area contributed by atoms with Gasteiger partial charge in [0.1, 0.15) is 12.2 Å². The molecule has 5 heterocycles. The molecule has 3 aromatic carbocycles. The van der Waals surface area contributed by atoms with E-state index in [-0.39, 0.29) is 41.5 Å². The van der Waals surface area contributed by atoms with Gasteiger partial charge in [-0.3, -0.25) is 4.57 Å². The van der Waals surface area contributed by atoms with Gasteiger partial charge in [0.15, 0.2) is 29.3 Å². The quantitative estimate of drug-likeness (QED) is 0.0860. The zero-order valence-electron chi connectivity index (χ0n) is 30.9. The standard InChI is InChI=1S/C37H41N13O7S/c38-58(55,56)26-13-7-12-24(18-26)41-37(54)42-25-14-15-48(20-25)36-43-32(39-19-27(22-8-3-1-4-9-22)23-10-5-2-6-11-23)28-34(44-36)49(21-40-28)35-30(53)29(52)31(57-35)33-45-47-50(46-33)16-17-51/h1-13,18,21,25,27,29-31,35,51-53H,14-17,19-20H2,(H2,38,55,56)(H,39,43,44)(H2,41,42,54)/t25-,29+,30-,31+,35-/m1/s1. The number of nitrogens with one attached hydrogen (secondary N) is 3. The first-order valence-corrected chi connectivity index (χ1v) is 20.0. The number of fused-ring (bicyclic) bond motifs is 1. The molecule has 20 nitrogen and oxygen atoms in total. The number of hydrogen-bond acceptors (Lipinski definition) is 15. The maximum Gasteiger partial charge on any atom is 0.319 e. The van der Waals surface area contributed by atoms with Crippen LogP contribution in [0.4, 0.5) is 22.2 Å². The van der Waals surface area contributed by atoms with Crippen molar-refractivity contribution in [3.05, 3.63) is 108 Å². The molecule has 302 valence electrons. The normalized spacial score (nSPS) is 20.8. The minimum atomic E-state index is -3.96. The second-order valence-corrected chi connectivity index (χ2v) is 15.5. The maximum atomic E-state index is 13.0. The third-order valence-corrected chi connectivity index (χ3v) is 11.0. The molecule has 0 radical (unpaired) electrons. The molecule has 5 atom stereocenters. The molecule has 3 aromatic heterocycles. The molecule has 58 heavy (non-hydrogen) atoms. The monoisotopic (exact) mass is 811 g/mol. The Kier molecular flexibility index (Phi) is 11.0. The molecule has 2 aliphatic rings. The van der Waals surface area contributed by atoms with Crippen LogP contribution in [0, 0.1) is 0 Å². The number of imidazole rings is 1. The SMILES string of the molecule is NS(=O)(=O)c1cccc(NC(=O)N[C@@H]2CCN(c3nc(NCC(c4ccccc4)c4ccccc4)c4ncn([C@@H]5O[C@H](c6nnn(CCO)n6)[C@@H](O)[C@H]5O)c4n3)C2)c1. The Bertz CT molecular complexity index is 2450. The van der Waals surface area contributed by atoms with E-state index in [2.05, 4.69) is 60.6 Å². The number of nitrogens with two attached hydrogens (primary N) is 1. The van der Waals surface area contributed by atoms with Crippen LogP contribution in [0.5, 0.6) is 0 Å². The highest BCUT2D eigenvalue weighted by atomic mass is 32.2. The highest BCUT2D eigenvalue weighted by Crippen LogP contribution is 2.39. The predicted octanol–water partition coefficient (Wildman–Crippen LogP) is 1.09. The van der Waals surface area contributed by atoms with Crippen LogP contribution >= 0.6 is 0 Å². The lowest BCUT2D eigenvalue weighted by molar-refractivity contribution is -0.0384. The van der Waals surface area contributed by atoms with Crippen molar-refractivity contribution in [2.75, 3.05) is 41.8 Å². The molecule has 8 N–H and O–H groups in total. The molecule has 0 aliphatic carbocycles. The van der Waals surface area contributed by atoms with Crippen LogP contribution in [0.15, 0.2) is 96.2 Å². The van der Waals surface area contributed by atoms with Gasteiger partial charge >= 0.3 is 6.03 Å². The molecule has 6 aromatic rings. The molecule has 2 aliphatic heterocycles. The highest BCUT2D eigenvalue weighted by molar-refractivity contribution is 7.89. The lowest BCUT2D eigenvalue weighted by Gasteiger charge is -2.22.